The van der Waals surface area contributed by atoms with E-state index in [0.717, 1.165) is 38.4 Å². The molecule has 20 heavy (non-hydrogen) atoms. The van der Waals surface area contributed by atoms with Crippen LogP contribution in [0, 0.1) is 5.92 Å². The van der Waals surface area contributed by atoms with Crippen LogP contribution < -0.4 is 15.8 Å². The second-order valence-electron chi connectivity index (χ2n) is 6.10. The number of nitrogens with one attached hydrogen (secondary N) is 1. The summed E-state index contributed by atoms with van der Waals surface area (Å²) in [6.07, 6.45) is 4.73. The fourth-order valence-corrected chi connectivity index (χ4v) is 2.40. The van der Waals surface area contributed by atoms with Crippen molar-refractivity contribution in [1.29, 1.82) is 0 Å². The Kier molecular flexibility index (Phi) is 3.70. The van der Waals surface area contributed by atoms with Crippen molar-refractivity contribution in [2.75, 3.05) is 30.8 Å². The molecule has 1 aromatic heterocycles. The van der Waals surface area contributed by atoms with Crippen LogP contribution in [0.4, 0.5) is 11.5 Å². The maximum atomic E-state index is 5.90. The Balaban J connectivity index is 1.59. The summed E-state index contributed by atoms with van der Waals surface area (Å²) < 4.78 is 11.4. The highest BCUT2D eigenvalue weighted by molar-refractivity contribution is 5.53. The summed E-state index contributed by atoms with van der Waals surface area (Å²) in [6.45, 7) is 4.46. The minimum atomic E-state index is -0.0852. The Morgan fingerprint density at radius 3 is 3.05 bits per heavy atom. The lowest BCUT2D eigenvalue weighted by molar-refractivity contribution is 0.0314. The van der Waals surface area contributed by atoms with Crippen LogP contribution in [0.15, 0.2) is 12.1 Å². The van der Waals surface area contributed by atoms with Crippen molar-refractivity contribution in [3.63, 3.8) is 0 Å². The zero-order valence-electron chi connectivity index (χ0n) is 12.0. The van der Waals surface area contributed by atoms with Crippen LogP contribution in [0.2, 0.25) is 0 Å². The van der Waals surface area contributed by atoms with Gasteiger partial charge in [0.15, 0.2) is 0 Å². The largest absolute Gasteiger partial charge is 0.476 e. The van der Waals surface area contributed by atoms with Gasteiger partial charge in [-0.25, -0.2) is 0 Å². The van der Waals surface area contributed by atoms with Crippen LogP contribution in [-0.2, 0) is 4.74 Å². The van der Waals surface area contributed by atoms with Crippen molar-refractivity contribution in [2.45, 2.75) is 38.2 Å². The maximum absolute atomic E-state index is 5.90. The van der Waals surface area contributed by atoms with Crippen LogP contribution in [0.3, 0.4) is 0 Å². The number of nitrogens with zero attached hydrogens (tertiary/aromatic N) is 1. The molecule has 110 valence electrons. The van der Waals surface area contributed by atoms with E-state index in [-0.39, 0.29) is 5.60 Å². The molecule has 1 atom stereocenters. The summed E-state index contributed by atoms with van der Waals surface area (Å²) in [6, 6.07) is 3.73. The summed E-state index contributed by atoms with van der Waals surface area (Å²) in [4.78, 5) is 4.45. The van der Waals surface area contributed by atoms with Gasteiger partial charge in [-0.1, -0.05) is 0 Å². The Morgan fingerprint density at radius 2 is 2.35 bits per heavy atom. The normalized spacial score (nSPS) is 25.6. The van der Waals surface area contributed by atoms with Crippen LogP contribution in [-0.4, -0.2) is 30.3 Å². The Hall–Kier alpha value is -1.49. The topological polar surface area (TPSA) is 69.4 Å². The zero-order chi connectivity index (χ0) is 14.0. The van der Waals surface area contributed by atoms with Crippen molar-refractivity contribution in [2.24, 2.45) is 5.92 Å². The SMILES string of the molecule is CC1(CNc2ccc(N)c(OCC3CC3)n2)CCCO1. The third-order valence-electron chi connectivity index (χ3n) is 3.99. The van der Waals surface area contributed by atoms with Gasteiger partial charge in [-0.15, -0.1) is 0 Å². The summed E-state index contributed by atoms with van der Waals surface area (Å²) in [7, 11) is 0. The highest BCUT2D eigenvalue weighted by Crippen LogP contribution is 2.31. The Bertz CT molecular complexity index is 468. The van der Waals surface area contributed by atoms with E-state index >= 15 is 0 Å². The first-order valence-corrected chi connectivity index (χ1v) is 7.42. The van der Waals surface area contributed by atoms with Gasteiger partial charge < -0.3 is 20.5 Å². The molecule has 3 rings (SSSR count). The standard InChI is InChI=1S/C15H23N3O2/c1-15(7-2-8-20-15)10-17-13-6-5-12(16)14(18-13)19-9-11-3-4-11/h5-6,11H,2-4,7-10,16H2,1H3,(H,17,18). The molecule has 1 saturated heterocycles. The van der Waals surface area contributed by atoms with Gasteiger partial charge >= 0.3 is 0 Å². The second kappa shape index (κ2) is 5.48. The first-order chi connectivity index (χ1) is 9.65. The van der Waals surface area contributed by atoms with Crippen molar-refractivity contribution in [3.05, 3.63) is 12.1 Å². The van der Waals surface area contributed by atoms with Crippen LogP contribution in [0.1, 0.15) is 32.6 Å². The molecule has 1 aromatic rings. The molecule has 0 spiro atoms. The molecule has 0 bridgehead atoms. The van der Waals surface area contributed by atoms with Gasteiger partial charge in [-0.2, -0.15) is 4.98 Å². The lowest BCUT2D eigenvalue weighted by Crippen LogP contribution is -2.32. The number of nitrogen functional groups attached to an aromatic ring is 1. The quantitative estimate of drug-likeness (QED) is 0.835. The Labute approximate surface area is 119 Å². The molecule has 2 fully saturated rings. The predicted molar refractivity (Wildman–Crippen MR) is 78.9 cm³/mol. The van der Waals surface area contributed by atoms with E-state index in [9.17, 15) is 0 Å². The smallest absolute Gasteiger partial charge is 0.239 e. The molecule has 0 aromatic carbocycles. The van der Waals surface area contributed by atoms with Gasteiger partial charge in [0, 0.05) is 13.2 Å². The lowest BCUT2D eigenvalue weighted by atomic mass is 10.0. The van der Waals surface area contributed by atoms with Crippen LogP contribution in [0.25, 0.3) is 0 Å². The van der Waals surface area contributed by atoms with Gasteiger partial charge in [0.05, 0.1) is 17.9 Å². The number of nitrogens with two attached hydrogens (primary N) is 1. The van der Waals surface area contributed by atoms with Gasteiger partial charge in [0.2, 0.25) is 5.88 Å². The number of ether oxygens (including phenoxy) is 2. The molecule has 3 N–H and O–H groups in total. The number of hydrogen-bond donors (Lipinski definition) is 2. The van der Waals surface area contributed by atoms with Crippen molar-refractivity contribution in [3.8, 4) is 5.88 Å². The third kappa shape index (κ3) is 3.33. The Morgan fingerprint density at radius 1 is 1.50 bits per heavy atom. The molecule has 0 amide bonds. The molecule has 2 heterocycles. The van der Waals surface area contributed by atoms with E-state index in [2.05, 4.69) is 17.2 Å². The molecule has 1 aliphatic heterocycles. The van der Waals surface area contributed by atoms with Gasteiger partial charge in [-0.05, 0) is 50.7 Å². The maximum Gasteiger partial charge on any atom is 0.239 e. The van der Waals surface area contributed by atoms with E-state index in [1.54, 1.807) is 0 Å². The number of pyridine rings is 1. The highest BCUT2D eigenvalue weighted by Gasteiger charge is 2.29. The average molecular weight is 277 g/mol. The van der Waals surface area contributed by atoms with E-state index < -0.39 is 0 Å². The molecule has 5 nitrogen and oxygen atoms in total. The number of aromatic nitrogens is 1. The molecule has 1 unspecified atom stereocenters. The number of rotatable bonds is 6. The summed E-state index contributed by atoms with van der Waals surface area (Å²) >= 11 is 0. The van der Waals surface area contributed by atoms with Gasteiger partial charge in [-0.3, -0.25) is 0 Å². The third-order valence-corrected chi connectivity index (χ3v) is 3.99. The van der Waals surface area contributed by atoms with E-state index in [0.29, 0.717) is 17.5 Å². The summed E-state index contributed by atoms with van der Waals surface area (Å²) in [5, 5.41) is 3.33. The molecule has 5 heteroatoms. The number of anilines is 2. The molecular weight excluding hydrogens is 254 g/mol. The molecule has 1 saturated carbocycles. The van der Waals surface area contributed by atoms with Crippen molar-refractivity contribution >= 4 is 11.5 Å². The summed E-state index contributed by atoms with van der Waals surface area (Å²) in [5.41, 5.74) is 6.41. The monoisotopic (exact) mass is 277 g/mol. The van der Waals surface area contributed by atoms with E-state index in [1.165, 1.54) is 12.8 Å². The first kappa shape index (κ1) is 13.5. The fourth-order valence-electron chi connectivity index (χ4n) is 2.40. The first-order valence-electron chi connectivity index (χ1n) is 7.42. The average Bonchev–Trinajstić information content (AvgIpc) is 3.17. The van der Waals surface area contributed by atoms with E-state index in [1.807, 2.05) is 12.1 Å². The predicted octanol–water partition coefficient (Wildman–Crippen LogP) is 2.43. The van der Waals surface area contributed by atoms with E-state index in [4.69, 9.17) is 15.2 Å². The summed E-state index contributed by atoms with van der Waals surface area (Å²) in [5.74, 6) is 2.03. The molecule has 1 aliphatic carbocycles. The lowest BCUT2D eigenvalue weighted by Gasteiger charge is -2.23. The van der Waals surface area contributed by atoms with Gasteiger partial charge in [0.1, 0.15) is 5.82 Å². The van der Waals surface area contributed by atoms with Crippen molar-refractivity contribution < 1.29 is 9.47 Å². The van der Waals surface area contributed by atoms with Crippen molar-refractivity contribution in [1.82, 2.24) is 4.98 Å². The minimum absolute atomic E-state index is 0.0852. The fraction of sp³-hybridized carbons (Fsp3) is 0.667. The van der Waals surface area contributed by atoms with Crippen LogP contribution >= 0.6 is 0 Å². The number of hydrogen-bond acceptors (Lipinski definition) is 5. The molecule has 0 radical (unpaired) electrons. The highest BCUT2D eigenvalue weighted by atomic mass is 16.5. The second-order valence-corrected chi connectivity index (χ2v) is 6.10. The van der Waals surface area contributed by atoms with Gasteiger partial charge in [0.25, 0.3) is 0 Å². The van der Waals surface area contributed by atoms with Crippen LogP contribution in [0.5, 0.6) is 5.88 Å². The zero-order valence-corrected chi connectivity index (χ0v) is 12.0. The minimum Gasteiger partial charge on any atom is -0.476 e. The molecule has 2 aliphatic rings. The molecular formula is C15H23N3O2.